The van der Waals surface area contributed by atoms with Crippen LogP contribution < -0.4 is 4.90 Å². The Morgan fingerprint density at radius 3 is 2.12 bits per heavy atom. The number of amides is 2. The van der Waals surface area contributed by atoms with Crippen molar-refractivity contribution in [1.29, 1.82) is 0 Å². The van der Waals surface area contributed by atoms with Gasteiger partial charge in [0.1, 0.15) is 12.1 Å². The molecule has 0 N–H and O–H groups in total. The summed E-state index contributed by atoms with van der Waals surface area (Å²) in [6.45, 7) is 0.00221. The van der Waals surface area contributed by atoms with E-state index >= 15 is 0 Å². The number of methoxy groups -OCH3 is 1. The van der Waals surface area contributed by atoms with E-state index in [2.05, 4.69) is 0 Å². The van der Waals surface area contributed by atoms with E-state index in [9.17, 15) is 14.4 Å². The first kappa shape index (κ1) is 25.5. The maximum atomic E-state index is 14.1. The molecule has 0 saturated carbocycles. The van der Waals surface area contributed by atoms with E-state index in [-0.39, 0.29) is 25.0 Å². The van der Waals surface area contributed by atoms with Crippen LogP contribution in [0.1, 0.15) is 28.3 Å². The van der Waals surface area contributed by atoms with Gasteiger partial charge in [0, 0.05) is 5.56 Å². The van der Waals surface area contributed by atoms with E-state index in [1.165, 1.54) is 12.0 Å². The van der Waals surface area contributed by atoms with Gasteiger partial charge in [0.25, 0.3) is 5.91 Å². The maximum Gasteiger partial charge on any atom is 0.333 e. The minimum absolute atomic E-state index is 0.228. The van der Waals surface area contributed by atoms with Crippen LogP contribution in [0.5, 0.6) is 0 Å². The average Bonchev–Trinajstić information content (AvgIpc) is 3.10. The average molecular weight is 533 g/mol. The Morgan fingerprint density at radius 2 is 1.45 bits per heavy atom. The summed E-state index contributed by atoms with van der Waals surface area (Å²) in [6, 6.07) is 34.8. The zero-order chi connectivity index (χ0) is 27.7. The third-order valence-corrected chi connectivity index (χ3v) is 7.70. The second-order valence-electron chi connectivity index (χ2n) is 9.85. The Morgan fingerprint density at radius 1 is 0.850 bits per heavy atom. The molecule has 4 aromatic rings. The van der Waals surface area contributed by atoms with Crippen LogP contribution in [0.15, 0.2) is 115 Å². The molecule has 6 rings (SSSR count). The molecule has 2 aliphatic heterocycles. The molecule has 0 radical (unpaired) electrons. The number of carbonyl (C=O) groups is 3. The van der Waals surface area contributed by atoms with Crippen molar-refractivity contribution in [3.8, 4) is 0 Å². The second kappa shape index (κ2) is 10.4. The van der Waals surface area contributed by atoms with Gasteiger partial charge in [-0.3, -0.25) is 14.5 Å². The predicted octanol–water partition coefficient (Wildman–Crippen LogP) is 4.62. The van der Waals surface area contributed by atoms with Crippen LogP contribution in [-0.2, 0) is 36.0 Å². The highest BCUT2D eigenvalue weighted by molar-refractivity contribution is 6.07. The number of β-lactam (4-membered cyclic amide) rings is 1. The third kappa shape index (κ3) is 3.98. The molecular weight excluding hydrogens is 504 g/mol. The van der Waals surface area contributed by atoms with E-state index in [0.29, 0.717) is 16.8 Å². The molecule has 0 unspecified atom stereocenters. The fraction of sp³-hybridized carbons (Fsp3) is 0.182. The Bertz CT molecular complexity index is 1540. The first-order valence-corrected chi connectivity index (χ1v) is 13.1. The van der Waals surface area contributed by atoms with Crippen molar-refractivity contribution in [2.45, 2.75) is 24.3 Å². The Kier molecular flexibility index (Phi) is 6.66. The minimum atomic E-state index is -1.08. The summed E-state index contributed by atoms with van der Waals surface area (Å²) in [7, 11) is 1.31. The molecule has 7 heteroatoms. The molecule has 200 valence electrons. The fourth-order valence-corrected chi connectivity index (χ4v) is 5.93. The number of hydrogen-bond acceptors (Lipinski definition) is 5. The molecule has 0 aliphatic carbocycles. The highest BCUT2D eigenvalue weighted by Crippen LogP contribution is 2.54. The number of para-hydroxylation sites is 1. The van der Waals surface area contributed by atoms with Crippen molar-refractivity contribution in [3.05, 3.63) is 138 Å². The van der Waals surface area contributed by atoms with Gasteiger partial charge in [0.15, 0.2) is 12.1 Å². The number of ether oxygens (including phenoxy) is 2. The molecule has 1 saturated heterocycles. The summed E-state index contributed by atoms with van der Waals surface area (Å²) < 4.78 is 11.6. The smallest absolute Gasteiger partial charge is 0.333 e. The molecule has 7 nitrogen and oxygen atoms in total. The van der Waals surface area contributed by atoms with E-state index in [0.717, 1.165) is 11.1 Å². The summed E-state index contributed by atoms with van der Waals surface area (Å²) in [5.74, 6) is -1.24. The van der Waals surface area contributed by atoms with Crippen molar-refractivity contribution in [3.63, 3.8) is 0 Å². The quantitative estimate of drug-likeness (QED) is 0.257. The number of rotatable bonds is 7. The molecule has 0 spiro atoms. The SMILES string of the molecule is COC(=O)[C@@H](c1ccccc1)N1C(=O)CN2C(=O)[C@@H](OCc3ccccc3)[C@]2(c2ccccc2)c2ccccc21. The second-order valence-corrected chi connectivity index (χ2v) is 9.85. The van der Waals surface area contributed by atoms with Crippen LogP contribution in [0.4, 0.5) is 5.69 Å². The van der Waals surface area contributed by atoms with Crippen LogP contribution in [0.3, 0.4) is 0 Å². The monoisotopic (exact) mass is 532 g/mol. The normalized spacial score (nSPS) is 20.6. The molecule has 40 heavy (non-hydrogen) atoms. The van der Waals surface area contributed by atoms with Crippen LogP contribution in [0.2, 0.25) is 0 Å². The topological polar surface area (TPSA) is 76.2 Å². The number of fused-ring (bicyclic) bond motifs is 3. The number of anilines is 1. The lowest BCUT2D eigenvalue weighted by Gasteiger charge is -2.56. The zero-order valence-electron chi connectivity index (χ0n) is 22.0. The highest BCUT2D eigenvalue weighted by Gasteiger charge is 2.66. The lowest BCUT2D eigenvalue weighted by molar-refractivity contribution is -0.192. The van der Waals surface area contributed by atoms with Crippen LogP contribution in [0, 0.1) is 0 Å². The molecule has 1 fully saturated rings. The fourth-order valence-electron chi connectivity index (χ4n) is 5.93. The Hall–Kier alpha value is -4.75. The van der Waals surface area contributed by atoms with Gasteiger partial charge in [-0.05, 0) is 22.8 Å². The molecular formula is C33H28N2O5. The first-order valence-electron chi connectivity index (χ1n) is 13.1. The van der Waals surface area contributed by atoms with Crippen molar-refractivity contribution in [2.75, 3.05) is 18.6 Å². The van der Waals surface area contributed by atoms with Gasteiger partial charge in [-0.1, -0.05) is 109 Å². The molecule has 2 aliphatic rings. The summed E-state index contributed by atoms with van der Waals surface area (Å²) in [6.07, 6.45) is -0.877. The van der Waals surface area contributed by atoms with Gasteiger partial charge < -0.3 is 14.4 Å². The third-order valence-electron chi connectivity index (χ3n) is 7.70. The Balaban J connectivity index is 1.54. The maximum absolute atomic E-state index is 14.1. The predicted molar refractivity (Wildman–Crippen MR) is 149 cm³/mol. The van der Waals surface area contributed by atoms with Crippen molar-refractivity contribution < 1.29 is 23.9 Å². The Labute approximate surface area is 232 Å². The van der Waals surface area contributed by atoms with Gasteiger partial charge in [-0.2, -0.15) is 0 Å². The molecule has 2 amide bonds. The molecule has 2 heterocycles. The van der Waals surface area contributed by atoms with Gasteiger partial charge in [0.2, 0.25) is 5.91 Å². The highest BCUT2D eigenvalue weighted by atomic mass is 16.5. The van der Waals surface area contributed by atoms with E-state index < -0.39 is 23.7 Å². The zero-order valence-corrected chi connectivity index (χ0v) is 22.0. The molecule has 4 aromatic carbocycles. The number of benzene rings is 4. The number of nitrogens with zero attached hydrogens (tertiary/aromatic N) is 2. The standard InChI is InChI=1S/C33H28N2O5/c1-39-32(38)29(24-15-7-3-8-16-24)35-27-20-12-11-19-26(27)33(25-17-9-4-10-18-25)30(31(37)34(33)21-28(35)36)40-22-23-13-5-2-6-14-23/h2-20,29-30H,21-22H2,1H3/t29-,30-,33+/m1/s1. The molecule has 0 aromatic heterocycles. The van der Waals surface area contributed by atoms with E-state index in [1.54, 1.807) is 17.0 Å². The summed E-state index contributed by atoms with van der Waals surface area (Å²) >= 11 is 0. The van der Waals surface area contributed by atoms with Crippen molar-refractivity contribution in [2.24, 2.45) is 0 Å². The van der Waals surface area contributed by atoms with Gasteiger partial charge in [0.05, 0.1) is 19.4 Å². The lowest BCUT2D eigenvalue weighted by atomic mass is 9.69. The van der Waals surface area contributed by atoms with Crippen molar-refractivity contribution in [1.82, 2.24) is 4.90 Å². The first-order chi connectivity index (χ1) is 19.6. The van der Waals surface area contributed by atoms with E-state index in [1.807, 2.05) is 103 Å². The van der Waals surface area contributed by atoms with Crippen LogP contribution in [-0.4, -0.2) is 42.4 Å². The van der Waals surface area contributed by atoms with Gasteiger partial charge >= 0.3 is 5.97 Å². The van der Waals surface area contributed by atoms with Gasteiger partial charge in [-0.25, -0.2) is 4.79 Å². The largest absolute Gasteiger partial charge is 0.467 e. The molecule has 0 bridgehead atoms. The van der Waals surface area contributed by atoms with Crippen LogP contribution >= 0.6 is 0 Å². The minimum Gasteiger partial charge on any atom is -0.467 e. The summed E-state index contributed by atoms with van der Waals surface area (Å²) in [5.41, 5.74) is 2.52. The molecule has 3 atom stereocenters. The van der Waals surface area contributed by atoms with Gasteiger partial charge in [-0.15, -0.1) is 0 Å². The van der Waals surface area contributed by atoms with Crippen LogP contribution in [0.25, 0.3) is 0 Å². The summed E-state index contributed by atoms with van der Waals surface area (Å²) in [5, 5.41) is 0. The van der Waals surface area contributed by atoms with E-state index in [4.69, 9.17) is 9.47 Å². The lowest BCUT2D eigenvalue weighted by Crippen LogP contribution is -2.73. The number of hydrogen-bond donors (Lipinski definition) is 0. The number of carbonyl (C=O) groups excluding carboxylic acids is 3. The number of esters is 1. The van der Waals surface area contributed by atoms with Crippen molar-refractivity contribution >= 4 is 23.5 Å². The summed E-state index contributed by atoms with van der Waals surface area (Å²) in [4.78, 5) is 44.2.